The van der Waals surface area contributed by atoms with Crippen molar-refractivity contribution in [3.63, 3.8) is 0 Å². The van der Waals surface area contributed by atoms with E-state index < -0.39 is 5.97 Å². The van der Waals surface area contributed by atoms with Crippen LogP contribution < -0.4 is 4.74 Å². The van der Waals surface area contributed by atoms with Crippen LogP contribution in [0.5, 0.6) is 5.75 Å². The molecule has 2 aromatic rings. The Balaban J connectivity index is 2.23. The Morgan fingerprint density at radius 2 is 2.22 bits per heavy atom. The summed E-state index contributed by atoms with van der Waals surface area (Å²) in [6, 6.07) is 10.1. The van der Waals surface area contributed by atoms with Crippen molar-refractivity contribution in [2.24, 2.45) is 0 Å². The summed E-state index contributed by atoms with van der Waals surface area (Å²) >= 11 is 0. The molecule has 0 heterocycles. The van der Waals surface area contributed by atoms with Crippen LogP contribution in [-0.4, -0.2) is 18.2 Å². The second-order valence-electron chi connectivity index (χ2n) is 4.70. The molecular formula is C15H14O3. The van der Waals surface area contributed by atoms with E-state index in [0.717, 1.165) is 23.1 Å². The second-order valence-corrected chi connectivity index (χ2v) is 4.70. The van der Waals surface area contributed by atoms with E-state index in [4.69, 9.17) is 9.84 Å². The predicted octanol–water partition coefficient (Wildman–Crippen LogP) is 2.96. The number of carbonyl (C=O) groups is 1. The molecule has 0 aromatic heterocycles. The maximum atomic E-state index is 11.0. The van der Waals surface area contributed by atoms with Crippen molar-refractivity contribution >= 4 is 16.7 Å². The van der Waals surface area contributed by atoms with E-state index in [2.05, 4.69) is 12.1 Å². The third kappa shape index (κ3) is 1.55. The van der Waals surface area contributed by atoms with Crippen LogP contribution in [0.3, 0.4) is 0 Å². The van der Waals surface area contributed by atoms with Crippen molar-refractivity contribution in [1.82, 2.24) is 0 Å². The van der Waals surface area contributed by atoms with Gasteiger partial charge in [0.25, 0.3) is 0 Å². The molecule has 1 N–H and O–H groups in total. The number of methoxy groups -OCH3 is 1. The lowest BCUT2D eigenvalue weighted by molar-refractivity contribution is -0.137. The Morgan fingerprint density at radius 1 is 1.39 bits per heavy atom. The highest BCUT2D eigenvalue weighted by Crippen LogP contribution is 2.44. The molecule has 1 atom stereocenters. The number of hydrogen-bond donors (Lipinski definition) is 1. The van der Waals surface area contributed by atoms with Crippen molar-refractivity contribution in [3.8, 4) is 5.75 Å². The molecule has 0 saturated heterocycles. The molecule has 0 amide bonds. The number of benzene rings is 2. The molecule has 0 spiro atoms. The van der Waals surface area contributed by atoms with E-state index >= 15 is 0 Å². The maximum Gasteiger partial charge on any atom is 0.303 e. The monoisotopic (exact) mass is 242 g/mol. The van der Waals surface area contributed by atoms with Crippen LogP contribution in [-0.2, 0) is 11.2 Å². The van der Waals surface area contributed by atoms with Gasteiger partial charge in [-0.05, 0) is 28.8 Å². The average Bonchev–Trinajstić information content (AvgIpc) is 2.70. The Morgan fingerprint density at radius 3 is 2.94 bits per heavy atom. The molecule has 3 rings (SSSR count). The van der Waals surface area contributed by atoms with Crippen molar-refractivity contribution < 1.29 is 14.6 Å². The fraction of sp³-hybridized carbons (Fsp3) is 0.267. The quantitative estimate of drug-likeness (QED) is 0.900. The van der Waals surface area contributed by atoms with Crippen LogP contribution in [0, 0.1) is 0 Å². The highest BCUT2D eigenvalue weighted by molar-refractivity contribution is 5.94. The molecule has 1 aliphatic rings. The Bertz CT molecular complexity index is 631. The Kier molecular flexibility index (Phi) is 2.47. The molecule has 0 fully saturated rings. The van der Waals surface area contributed by atoms with E-state index in [0.29, 0.717) is 0 Å². The molecule has 92 valence electrons. The number of hydrogen-bond acceptors (Lipinski definition) is 2. The summed E-state index contributed by atoms with van der Waals surface area (Å²) in [5, 5.41) is 11.4. The van der Waals surface area contributed by atoms with Gasteiger partial charge in [-0.3, -0.25) is 4.79 Å². The first-order valence-corrected chi connectivity index (χ1v) is 6.01. The number of aliphatic carboxylic acids is 1. The molecule has 2 aromatic carbocycles. The van der Waals surface area contributed by atoms with Gasteiger partial charge in [0.05, 0.1) is 13.5 Å². The summed E-state index contributed by atoms with van der Waals surface area (Å²) in [7, 11) is 1.64. The first kappa shape index (κ1) is 11.1. The maximum absolute atomic E-state index is 11.0. The van der Waals surface area contributed by atoms with Gasteiger partial charge in [0.1, 0.15) is 5.75 Å². The SMILES string of the molecule is COc1ccc2cccc3c2c1C(CC(=O)O)C3. The van der Waals surface area contributed by atoms with E-state index in [1.807, 2.05) is 18.2 Å². The zero-order valence-electron chi connectivity index (χ0n) is 10.1. The van der Waals surface area contributed by atoms with Gasteiger partial charge in [0, 0.05) is 11.5 Å². The number of carboxylic acid groups (broad SMARTS) is 1. The Labute approximate surface area is 105 Å². The number of carboxylic acids is 1. The molecule has 1 unspecified atom stereocenters. The fourth-order valence-electron chi connectivity index (χ4n) is 2.97. The van der Waals surface area contributed by atoms with E-state index in [-0.39, 0.29) is 12.3 Å². The first-order chi connectivity index (χ1) is 8.70. The van der Waals surface area contributed by atoms with Gasteiger partial charge in [0.2, 0.25) is 0 Å². The minimum absolute atomic E-state index is 0.0264. The molecule has 3 nitrogen and oxygen atoms in total. The van der Waals surface area contributed by atoms with E-state index in [1.165, 1.54) is 10.9 Å². The molecule has 18 heavy (non-hydrogen) atoms. The van der Waals surface area contributed by atoms with Gasteiger partial charge in [-0.15, -0.1) is 0 Å². The summed E-state index contributed by atoms with van der Waals surface area (Å²) in [5.41, 5.74) is 2.29. The zero-order chi connectivity index (χ0) is 12.7. The molecule has 1 aliphatic carbocycles. The molecule has 0 saturated carbocycles. The topological polar surface area (TPSA) is 46.5 Å². The Hall–Kier alpha value is -2.03. The van der Waals surface area contributed by atoms with Crippen LogP contribution >= 0.6 is 0 Å². The highest BCUT2D eigenvalue weighted by Gasteiger charge is 2.29. The van der Waals surface area contributed by atoms with Gasteiger partial charge in [-0.25, -0.2) is 0 Å². The first-order valence-electron chi connectivity index (χ1n) is 6.01. The minimum atomic E-state index is -0.758. The van der Waals surface area contributed by atoms with Gasteiger partial charge in [0.15, 0.2) is 0 Å². The molecule has 3 heteroatoms. The smallest absolute Gasteiger partial charge is 0.303 e. The minimum Gasteiger partial charge on any atom is -0.496 e. The van der Waals surface area contributed by atoms with Crippen molar-refractivity contribution in [3.05, 3.63) is 41.5 Å². The van der Waals surface area contributed by atoms with Crippen LogP contribution in [0.4, 0.5) is 0 Å². The van der Waals surface area contributed by atoms with E-state index in [1.54, 1.807) is 7.11 Å². The number of rotatable bonds is 3. The number of ether oxygens (including phenoxy) is 1. The van der Waals surface area contributed by atoms with Crippen molar-refractivity contribution in [1.29, 1.82) is 0 Å². The lowest BCUT2D eigenvalue weighted by atomic mass is 9.96. The normalized spacial score (nSPS) is 17.1. The van der Waals surface area contributed by atoms with Crippen molar-refractivity contribution in [2.75, 3.05) is 7.11 Å². The average molecular weight is 242 g/mol. The predicted molar refractivity (Wildman–Crippen MR) is 69.2 cm³/mol. The molecular weight excluding hydrogens is 228 g/mol. The molecule has 0 aliphatic heterocycles. The third-order valence-electron chi connectivity index (χ3n) is 3.65. The van der Waals surface area contributed by atoms with Crippen LogP contribution in [0.15, 0.2) is 30.3 Å². The fourth-order valence-corrected chi connectivity index (χ4v) is 2.97. The van der Waals surface area contributed by atoms with Gasteiger partial charge in [-0.2, -0.15) is 0 Å². The second kappa shape index (κ2) is 4.02. The summed E-state index contributed by atoms with van der Waals surface area (Å²) in [4.78, 5) is 11.0. The lowest BCUT2D eigenvalue weighted by Crippen LogP contribution is -2.06. The van der Waals surface area contributed by atoms with Crippen LogP contribution in [0.1, 0.15) is 23.5 Å². The molecule has 0 bridgehead atoms. The van der Waals surface area contributed by atoms with Gasteiger partial charge in [-0.1, -0.05) is 24.3 Å². The largest absolute Gasteiger partial charge is 0.496 e. The van der Waals surface area contributed by atoms with Crippen LogP contribution in [0.25, 0.3) is 10.8 Å². The summed E-state index contributed by atoms with van der Waals surface area (Å²) < 4.78 is 5.40. The summed E-state index contributed by atoms with van der Waals surface area (Å²) in [5.74, 6) is 0.0733. The summed E-state index contributed by atoms with van der Waals surface area (Å²) in [6.07, 6.45) is 0.948. The molecule has 0 radical (unpaired) electrons. The van der Waals surface area contributed by atoms with Gasteiger partial charge >= 0.3 is 5.97 Å². The highest BCUT2D eigenvalue weighted by atomic mass is 16.5. The van der Waals surface area contributed by atoms with Gasteiger partial charge < -0.3 is 9.84 Å². The lowest BCUT2D eigenvalue weighted by Gasteiger charge is -2.13. The third-order valence-corrected chi connectivity index (χ3v) is 3.65. The van der Waals surface area contributed by atoms with Crippen LogP contribution in [0.2, 0.25) is 0 Å². The summed E-state index contributed by atoms with van der Waals surface area (Å²) in [6.45, 7) is 0. The standard InChI is InChI=1S/C15H14O3/c1-18-12-6-5-9-3-2-4-10-7-11(8-13(16)17)15(12)14(9)10/h2-6,11H,7-8H2,1H3,(H,16,17). The van der Waals surface area contributed by atoms with Crippen molar-refractivity contribution in [2.45, 2.75) is 18.8 Å². The van der Waals surface area contributed by atoms with E-state index in [9.17, 15) is 4.79 Å². The zero-order valence-corrected chi connectivity index (χ0v) is 10.1.